The number of carbonyl (C=O) groups is 2. The van der Waals surface area contributed by atoms with Crippen molar-refractivity contribution in [3.05, 3.63) is 23.5 Å². The average Bonchev–Trinajstić information content (AvgIpc) is 3.26. The van der Waals surface area contributed by atoms with Crippen LogP contribution in [0.4, 0.5) is 0 Å². The number of amides is 1. The summed E-state index contributed by atoms with van der Waals surface area (Å²) >= 11 is 0. The fraction of sp³-hybridized carbons (Fsp3) is 0.647. The summed E-state index contributed by atoms with van der Waals surface area (Å²) in [5, 5.41) is 20.1. The van der Waals surface area contributed by atoms with Crippen LogP contribution >= 0.6 is 0 Å². The molecule has 0 aromatic carbocycles. The van der Waals surface area contributed by atoms with Crippen LogP contribution in [-0.2, 0) is 11.8 Å². The van der Waals surface area contributed by atoms with Gasteiger partial charge >= 0.3 is 5.97 Å². The van der Waals surface area contributed by atoms with E-state index < -0.39 is 17.5 Å². The zero-order chi connectivity index (χ0) is 16.8. The lowest BCUT2D eigenvalue weighted by Crippen LogP contribution is -2.57. The number of carboxylic acids is 1. The molecule has 0 unspecified atom stereocenters. The Hall–Kier alpha value is -1.82. The highest BCUT2D eigenvalue weighted by atomic mass is 16.4. The third kappa shape index (κ3) is 2.76. The van der Waals surface area contributed by atoms with E-state index in [0.29, 0.717) is 30.9 Å². The van der Waals surface area contributed by atoms with Gasteiger partial charge in [0, 0.05) is 32.0 Å². The van der Waals surface area contributed by atoms with Crippen molar-refractivity contribution in [2.45, 2.75) is 38.7 Å². The van der Waals surface area contributed by atoms with Gasteiger partial charge in [0.2, 0.25) is 0 Å². The average molecular weight is 320 g/mol. The Balaban J connectivity index is 1.85. The third-order valence-corrected chi connectivity index (χ3v) is 5.46. The van der Waals surface area contributed by atoms with E-state index in [2.05, 4.69) is 0 Å². The summed E-state index contributed by atoms with van der Waals surface area (Å²) in [5.74, 6) is -0.759. The van der Waals surface area contributed by atoms with Gasteiger partial charge in [-0.15, -0.1) is 0 Å². The number of aryl methyl sites for hydroxylation is 1. The van der Waals surface area contributed by atoms with Crippen molar-refractivity contribution in [1.29, 1.82) is 0 Å². The molecule has 126 valence electrons. The first-order chi connectivity index (χ1) is 10.8. The van der Waals surface area contributed by atoms with Crippen LogP contribution in [-0.4, -0.2) is 50.8 Å². The minimum atomic E-state index is -1.22. The minimum absolute atomic E-state index is 0.0904. The van der Waals surface area contributed by atoms with Crippen molar-refractivity contribution < 1.29 is 19.8 Å². The molecule has 2 fully saturated rings. The second kappa shape index (κ2) is 5.67. The van der Waals surface area contributed by atoms with E-state index in [-0.39, 0.29) is 12.5 Å². The molecule has 1 saturated carbocycles. The Bertz CT molecular complexity index is 635. The Morgan fingerprint density at radius 3 is 2.57 bits per heavy atom. The van der Waals surface area contributed by atoms with Crippen molar-refractivity contribution in [2.24, 2.45) is 18.4 Å². The van der Waals surface area contributed by atoms with E-state index in [1.165, 1.54) is 0 Å². The van der Waals surface area contributed by atoms with Crippen molar-refractivity contribution in [1.82, 2.24) is 9.47 Å². The van der Waals surface area contributed by atoms with E-state index in [0.717, 1.165) is 18.5 Å². The maximum atomic E-state index is 12.8. The van der Waals surface area contributed by atoms with Crippen LogP contribution in [0.15, 0.2) is 12.3 Å². The highest BCUT2D eigenvalue weighted by molar-refractivity contribution is 5.96. The van der Waals surface area contributed by atoms with Crippen LogP contribution in [0.5, 0.6) is 0 Å². The highest BCUT2D eigenvalue weighted by Gasteiger charge is 2.52. The monoisotopic (exact) mass is 320 g/mol. The summed E-state index contributed by atoms with van der Waals surface area (Å²) in [6.45, 7) is 2.36. The van der Waals surface area contributed by atoms with Crippen LogP contribution in [0, 0.1) is 18.3 Å². The molecule has 1 aromatic rings. The number of hydrogen-bond acceptors (Lipinski definition) is 3. The van der Waals surface area contributed by atoms with E-state index in [1.54, 1.807) is 11.0 Å². The molecule has 1 aliphatic carbocycles. The molecule has 6 nitrogen and oxygen atoms in total. The molecule has 23 heavy (non-hydrogen) atoms. The van der Waals surface area contributed by atoms with Gasteiger partial charge in [-0.25, -0.2) is 0 Å². The van der Waals surface area contributed by atoms with Gasteiger partial charge in [-0.1, -0.05) is 12.8 Å². The molecule has 2 heterocycles. The zero-order valence-corrected chi connectivity index (χ0v) is 13.7. The number of aliphatic hydroxyl groups excluding tert-OH is 1. The van der Waals surface area contributed by atoms with Gasteiger partial charge in [0.25, 0.3) is 5.91 Å². The molecule has 6 heteroatoms. The van der Waals surface area contributed by atoms with E-state index in [1.807, 2.05) is 24.7 Å². The quantitative estimate of drug-likeness (QED) is 0.879. The Labute approximate surface area is 135 Å². The predicted octanol–water partition coefficient (Wildman–Crippen LogP) is 1.41. The lowest BCUT2D eigenvalue weighted by Gasteiger charge is -2.43. The maximum Gasteiger partial charge on any atom is 0.314 e. The van der Waals surface area contributed by atoms with Crippen LogP contribution in [0.2, 0.25) is 0 Å². The van der Waals surface area contributed by atoms with Gasteiger partial charge < -0.3 is 19.7 Å². The largest absolute Gasteiger partial charge is 0.481 e. The summed E-state index contributed by atoms with van der Waals surface area (Å²) in [6.07, 6.45) is 3.76. The van der Waals surface area contributed by atoms with Gasteiger partial charge in [0.05, 0.1) is 11.7 Å². The molecule has 1 saturated heterocycles. The predicted molar refractivity (Wildman–Crippen MR) is 84.1 cm³/mol. The normalized spacial score (nSPS) is 28.0. The topological polar surface area (TPSA) is 82.8 Å². The summed E-state index contributed by atoms with van der Waals surface area (Å²) in [4.78, 5) is 26.3. The fourth-order valence-electron chi connectivity index (χ4n) is 3.59. The van der Waals surface area contributed by atoms with Gasteiger partial charge in [0.1, 0.15) is 5.41 Å². The van der Waals surface area contributed by atoms with Gasteiger partial charge in [-0.05, 0) is 31.7 Å². The van der Waals surface area contributed by atoms with Crippen LogP contribution in [0.3, 0.4) is 0 Å². The number of hydrogen-bond donors (Lipinski definition) is 2. The van der Waals surface area contributed by atoms with E-state index in [9.17, 15) is 19.8 Å². The van der Waals surface area contributed by atoms with Crippen LogP contribution in [0.25, 0.3) is 0 Å². The number of aliphatic carboxylic acids is 1. The van der Waals surface area contributed by atoms with Crippen molar-refractivity contribution in [3.63, 3.8) is 0 Å². The molecule has 2 N–H and O–H groups in total. The molecule has 2 aliphatic rings. The number of piperidine rings is 1. The lowest BCUT2D eigenvalue weighted by atomic mass is 9.73. The zero-order valence-electron chi connectivity index (χ0n) is 13.7. The number of likely N-dealkylation sites (tertiary alicyclic amines) is 1. The second-order valence-electron chi connectivity index (χ2n) is 7.07. The molecule has 1 aromatic heterocycles. The Morgan fingerprint density at radius 2 is 2.04 bits per heavy atom. The van der Waals surface area contributed by atoms with E-state index >= 15 is 0 Å². The van der Waals surface area contributed by atoms with Crippen molar-refractivity contribution in [3.8, 4) is 0 Å². The van der Waals surface area contributed by atoms with E-state index in [4.69, 9.17) is 0 Å². The first kappa shape index (κ1) is 16.1. The smallest absolute Gasteiger partial charge is 0.314 e. The number of carbonyl (C=O) groups excluding carboxylic acids is 1. The molecule has 3 rings (SSSR count). The van der Waals surface area contributed by atoms with Crippen LogP contribution in [0.1, 0.15) is 41.7 Å². The lowest BCUT2D eigenvalue weighted by molar-refractivity contribution is -0.163. The fourth-order valence-corrected chi connectivity index (χ4v) is 3.59. The molecular formula is C17H24N2O4. The molecular weight excluding hydrogens is 296 g/mol. The van der Waals surface area contributed by atoms with Gasteiger partial charge in [-0.3, -0.25) is 9.59 Å². The Kier molecular flexibility index (Phi) is 3.96. The first-order valence-corrected chi connectivity index (χ1v) is 8.18. The van der Waals surface area contributed by atoms with Crippen LogP contribution < -0.4 is 0 Å². The third-order valence-electron chi connectivity index (χ3n) is 5.46. The molecule has 0 radical (unpaired) electrons. The van der Waals surface area contributed by atoms with Gasteiger partial charge in [-0.2, -0.15) is 0 Å². The minimum Gasteiger partial charge on any atom is -0.481 e. The number of carboxylic acid groups (broad SMARTS) is 1. The molecule has 0 spiro atoms. The van der Waals surface area contributed by atoms with Crippen molar-refractivity contribution in [2.75, 3.05) is 13.1 Å². The highest BCUT2D eigenvalue weighted by Crippen LogP contribution is 2.45. The number of nitrogens with zero attached hydrogens (tertiary/aromatic N) is 2. The summed E-state index contributed by atoms with van der Waals surface area (Å²) < 4.78 is 1.88. The SMILES string of the molecule is Cc1c(C(=O)N2CC[C@H](O)[C@](CC3CC3)(C(=O)O)C2)ccn1C. The number of rotatable bonds is 4. The summed E-state index contributed by atoms with van der Waals surface area (Å²) in [5.41, 5.74) is 0.247. The number of aromatic nitrogens is 1. The van der Waals surface area contributed by atoms with Gasteiger partial charge in [0.15, 0.2) is 0 Å². The summed E-state index contributed by atoms with van der Waals surface area (Å²) in [7, 11) is 1.88. The first-order valence-electron chi connectivity index (χ1n) is 8.18. The van der Waals surface area contributed by atoms with Crippen molar-refractivity contribution >= 4 is 11.9 Å². The molecule has 2 atom stereocenters. The number of aliphatic hydroxyl groups is 1. The molecule has 1 aliphatic heterocycles. The molecule has 1 amide bonds. The molecule has 0 bridgehead atoms. The Morgan fingerprint density at radius 1 is 1.35 bits per heavy atom. The summed E-state index contributed by atoms with van der Waals surface area (Å²) in [6, 6.07) is 1.77. The maximum absolute atomic E-state index is 12.8. The standard InChI is InChI=1S/C17H24N2O4/c1-11-13(5-7-18(11)2)15(21)19-8-6-14(20)17(10-19,16(22)23)9-12-3-4-12/h5,7,12,14,20H,3-4,6,8-10H2,1-2H3,(H,22,23)/t14-,17+/m0/s1. The second-order valence-corrected chi connectivity index (χ2v) is 7.07.